The lowest BCUT2D eigenvalue weighted by Crippen LogP contribution is -2.46. The number of benzene rings is 1. The second-order valence-electron chi connectivity index (χ2n) is 9.58. The Kier molecular flexibility index (Phi) is 10.9. The quantitative estimate of drug-likeness (QED) is 0.427. The Morgan fingerprint density at radius 3 is 2.44 bits per heavy atom. The number of ether oxygens (including phenoxy) is 2. The molecule has 0 spiro atoms. The summed E-state index contributed by atoms with van der Waals surface area (Å²) in [6.45, 7) is 3.75. The summed E-state index contributed by atoms with van der Waals surface area (Å²) in [6.07, 6.45) is 8.41. The molecular formula is C25H39N3O6S2. The largest absolute Gasteiger partial charge is 0.379 e. The molecule has 11 heteroatoms. The number of sulfonamides is 1. The predicted octanol–water partition coefficient (Wildman–Crippen LogP) is 3.01. The minimum atomic E-state index is -3.87. The topological polar surface area (TPSA) is 97.4 Å². The Morgan fingerprint density at radius 2 is 1.75 bits per heavy atom. The van der Waals surface area contributed by atoms with E-state index in [0.29, 0.717) is 38.0 Å². The molecule has 0 radical (unpaired) electrons. The molecule has 9 nitrogen and oxygen atoms in total. The van der Waals surface area contributed by atoms with Gasteiger partial charge in [0, 0.05) is 49.4 Å². The smallest absolute Gasteiger partial charge is 0.258 e. The van der Waals surface area contributed by atoms with Gasteiger partial charge in [0.05, 0.1) is 24.7 Å². The molecule has 2 aliphatic heterocycles. The van der Waals surface area contributed by atoms with Crippen LogP contribution in [-0.2, 0) is 29.1 Å². The van der Waals surface area contributed by atoms with Crippen LogP contribution in [0.25, 0.3) is 0 Å². The first-order valence-corrected chi connectivity index (χ1v) is 15.5. The van der Waals surface area contributed by atoms with Crippen LogP contribution in [0.2, 0.25) is 0 Å². The number of nitrogens with one attached hydrogen (secondary N) is 1. The third kappa shape index (κ3) is 8.41. The van der Waals surface area contributed by atoms with E-state index >= 15 is 0 Å². The van der Waals surface area contributed by atoms with E-state index in [4.69, 9.17) is 14.3 Å². The van der Waals surface area contributed by atoms with Crippen molar-refractivity contribution >= 4 is 27.7 Å². The monoisotopic (exact) mass is 541 g/mol. The number of carbonyl (C=O) groups is 1. The maximum Gasteiger partial charge on any atom is 0.258 e. The fraction of sp³-hybridized carbons (Fsp3) is 0.720. The maximum absolute atomic E-state index is 13.6. The van der Waals surface area contributed by atoms with Crippen LogP contribution in [0.5, 0.6) is 0 Å². The average molecular weight is 542 g/mol. The normalized spacial score (nSPS) is 22.5. The molecular weight excluding hydrogens is 502 g/mol. The second-order valence-corrected chi connectivity index (χ2v) is 12.9. The molecule has 1 atom stereocenters. The number of nitrogens with zero attached hydrogens (tertiary/aromatic N) is 2. The third-order valence-corrected chi connectivity index (χ3v) is 10.1. The van der Waals surface area contributed by atoms with Gasteiger partial charge in [-0.25, -0.2) is 18.7 Å². The summed E-state index contributed by atoms with van der Waals surface area (Å²) in [4.78, 5) is 21.5. The highest BCUT2D eigenvalue weighted by Crippen LogP contribution is 2.34. The zero-order chi connectivity index (χ0) is 25.2. The van der Waals surface area contributed by atoms with Crippen LogP contribution in [0.3, 0.4) is 0 Å². The number of carbonyl (C=O) groups excluding carboxylic acids is 1. The van der Waals surface area contributed by atoms with Gasteiger partial charge in [0.25, 0.3) is 5.91 Å². The average Bonchev–Trinajstić information content (AvgIpc) is 2.92. The molecule has 0 bridgehead atoms. The molecule has 1 N–H and O–H groups in total. The Bertz CT molecular complexity index is 912. The number of rotatable bonds is 11. The van der Waals surface area contributed by atoms with Crippen LogP contribution in [-0.4, -0.2) is 87.6 Å². The number of hydroxylamine groups is 1. The van der Waals surface area contributed by atoms with Crippen LogP contribution < -0.4 is 5.48 Å². The predicted molar refractivity (Wildman–Crippen MR) is 138 cm³/mol. The second kappa shape index (κ2) is 14.1. The van der Waals surface area contributed by atoms with Crippen molar-refractivity contribution in [3.8, 4) is 0 Å². The lowest BCUT2D eigenvalue weighted by atomic mass is 10.0. The van der Waals surface area contributed by atoms with Crippen LogP contribution >= 0.6 is 11.8 Å². The third-order valence-electron chi connectivity index (χ3n) is 6.85. The van der Waals surface area contributed by atoms with Gasteiger partial charge in [-0.15, -0.1) is 11.8 Å². The Labute approximate surface area is 219 Å². The van der Waals surface area contributed by atoms with E-state index in [0.717, 1.165) is 30.8 Å². The van der Waals surface area contributed by atoms with Crippen molar-refractivity contribution in [3.05, 3.63) is 24.3 Å². The molecule has 1 aliphatic carbocycles. The van der Waals surface area contributed by atoms with Crippen molar-refractivity contribution in [3.63, 3.8) is 0 Å². The Hall–Kier alpha value is -1.21. The van der Waals surface area contributed by atoms with Gasteiger partial charge in [-0.3, -0.25) is 9.69 Å². The molecule has 2 heterocycles. The molecule has 3 fully saturated rings. The minimum absolute atomic E-state index is 0.196. The summed E-state index contributed by atoms with van der Waals surface area (Å²) in [7, 11) is -3.87. The van der Waals surface area contributed by atoms with Gasteiger partial charge in [0.1, 0.15) is 0 Å². The first kappa shape index (κ1) is 27.8. The van der Waals surface area contributed by atoms with E-state index in [1.54, 1.807) is 12.1 Å². The summed E-state index contributed by atoms with van der Waals surface area (Å²) in [5.74, 6) is -0.515. The molecule has 202 valence electrons. The van der Waals surface area contributed by atoms with Gasteiger partial charge < -0.3 is 9.47 Å². The van der Waals surface area contributed by atoms with Gasteiger partial charge in [-0.1, -0.05) is 19.3 Å². The van der Waals surface area contributed by atoms with Crippen LogP contribution in [0, 0.1) is 0 Å². The number of thioether (sulfide) groups is 1. The summed E-state index contributed by atoms with van der Waals surface area (Å²) in [6, 6.07) is 7.09. The zero-order valence-electron chi connectivity index (χ0n) is 20.9. The molecule has 1 saturated carbocycles. The first-order valence-electron chi connectivity index (χ1n) is 13.1. The molecule has 1 unspecified atom stereocenters. The molecule has 1 aromatic rings. The van der Waals surface area contributed by atoms with E-state index < -0.39 is 22.2 Å². The van der Waals surface area contributed by atoms with Crippen molar-refractivity contribution in [2.75, 3.05) is 52.5 Å². The van der Waals surface area contributed by atoms with E-state index in [1.165, 1.54) is 36.4 Å². The molecule has 0 aromatic heterocycles. The highest BCUT2D eigenvalue weighted by Gasteiger charge is 2.28. The van der Waals surface area contributed by atoms with Gasteiger partial charge in [-0.05, 0) is 49.9 Å². The van der Waals surface area contributed by atoms with Crippen LogP contribution in [0.1, 0.15) is 51.4 Å². The van der Waals surface area contributed by atoms with Gasteiger partial charge in [0.2, 0.25) is 10.0 Å². The Morgan fingerprint density at radius 1 is 1.03 bits per heavy atom. The van der Waals surface area contributed by atoms with Crippen molar-refractivity contribution in [2.45, 2.75) is 72.7 Å². The number of hydrogen-bond donors (Lipinski definition) is 1. The lowest BCUT2D eigenvalue weighted by molar-refractivity contribution is -0.200. The van der Waals surface area contributed by atoms with Crippen molar-refractivity contribution in [1.29, 1.82) is 0 Å². The molecule has 1 amide bonds. The highest BCUT2D eigenvalue weighted by atomic mass is 32.2. The van der Waals surface area contributed by atoms with Crippen molar-refractivity contribution in [1.82, 2.24) is 14.7 Å². The summed E-state index contributed by atoms with van der Waals surface area (Å²) < 4.78 is 39.3. The van der Waals surface area contributed by atoms with E-state index in [1.807, 2.05) is 23.9 Å². The first-order chi connectivity index (χ1) is 17.5. The number of hydrogen-bond acceptors (Lipinski definition) is 8. The fourth-order valence-corrected chi connectivity index (χ4v) is 7.34. The molecule has 1 aromatic carbocycles. The fourth-order valence-electron chi connectivity index (χ4n) is 4.70. The van der Waals surface area contributed by atoms with E-state index in [2.05, 4.69) is 10.4 Å². The summed E-state index contributed by atoms with van der Waals surface area (Å²) >= 11 is 1.83. The highest BCUT2D eigenvalue weighted by molar-refractivity contribution is 8.00. The molecule has 2 saturated heterocycles. The van der Waals surface area contributed by atoms with Gasteiger partial charge >= 0.3 is 0 Å². The minimum Gasteiger partial charge on any atom is -0.379 e. The maximum atomic E-state index is 13.6. The van der Waals surface area contributed by atoms with Crippen molar-refractivity contribution in [2.24, 2.45) is 0 Å². The van der Waals surface area contributed by atoms with E-state index in [-0.39, 0.29) is 18.0 Å². The number of morpholine rings is 1. The van der Waals surface area contributed by atoms with Crippen molar-refractivity contribution < 1.29 is 27.5 Å². The standard InChI is InChI=1S/C25H39N3O6S2/c29-24(26-34-25-8-4-5-17-33-25)20-28(14-13-27-15-18-32-19-16-27)36(30,31)23-11-9-22(10-12-23)35-21-6-2-1-3-7-21/h9-12,21,25H,1-8,13-20H2,(H,26,29). The van der Waals surface area contributed by atoms with E-state index in [9.17, 15) is 13.2 Å². The van der Waals surface area contributed by atoms with Crippen LogP contribution in [0.15, 0.2) is 34.1 Å². The van der Waals surface area contributed by atoms with Gasteiger partial charge in [0.15, 0.2) is 6.29 Å². The van der Waals surface area contributed by atoms with Gasteiger partial charge in [-0.2, -0.15) is 4.31 Å². The van der Waals surface area contributed by atoms with Crippen LogP contribution in [0.4, 0.5) is 0 Å². The molecule has 36 heavy (non-hydrogen) atoms. The summed E-state index contributed by atoms with van der Waals surface area (Å²) in [5.41, 5.74) is 2.39. The lowest BCUT2D eigenvalue weighted by Gasteiger charge is -2.29. The summed E-state index contributed by atoms with van der Waals surface area (Å²) in [5, 5.41) is 0.600. The Balaban J connectivity index is 1.39. The molecule has 3 aliphatic rings. The molecule has 4 rings (SSSR count). The SMILES string of the molecule is O=C(CN(CCN1CCOCC1)S(=O)(=O)c1ccc(SC2CCCCC2)cc1)NOC1CCCCO1. The zero-order valence-corrected chi connectivity index (χ0v) is 22.6. The number of amides is 1.